The van der Waals surface area contributed by atoms with Gasteiger partial charge in [-0.1, -0.05) is 212 Å². The third-order valence-corrected chi connectivity index (χ3v) is 19.4. The lowest BCUT2D eigenvalue weighted by atomic mass is 9.99. The molecule has 0 aliphatic rings. The minimum atomic E-state index is -2.92. The largest absolute Gasteiger partial charge is 0.456 e. The van der Waals surface area contributed by atoms with E-state index in [1.54, 1.807) is 0 Å². The highest BCUT2D eigenvalue weighted by Gasteiger charge is 2.42. The van der Waals surface area contributed by atoms with Gasteiger partial charge < -0.3 is 13.6 Å². The van der Waals surface area contributed by atoms with Crippen LogP contribution in [0.1, 0.15) is 0 Å². The minimum absolute atomic E-state index is 0.883. The van der Waals surface area contributed by atoms with Gasteiger partial charge in [0, 0.05) is 38.2 Å². The van der Waals surface area contributed by atoms with Crippen molar-refractivity contribution in [2.45, 2.75) is 0 Å². The van der Waals surface area contributed by atoms with Gasteiger partial charge in [0.1, 0.15) is 11.2 Å². The summed E-state index contributed by atoms with van der Waals surface area (Å²) in [6.07, 6.45) is 0. The van der Waals surface area contributed by atoms with Crippen LogP contribution < -0.4 is 20.7 Å². The third kappa shape index (κ3) is 6.07. The lowest BCUT2D eigenvalue weighted by Gasteiger charge is -2.35. The Bertz CT molecular complexity index is 4260. The zero-order valence-corrected chi connectivity index (χ0v) is 39.2. The van der Waals surface area contributed by atoms with Gasteiger partial charge in [-0.3, -0.25) is 0 Å². The van der Waals surface area contributed by atoms with Crippen molar-refractivity contribution in [3.63, 3.8) is 0 Å². The molecule has 14 aromatic rings. The molecule has 4 heteroatoms. The van der Waals surface area contributed by atoms with Crippen molar-refractivity contribution in [2.75, 3.05) is 0 Å². The van der Waals surface area contributed by atoms with Gasteiger partial charge in [0.05, 0.1) is 33.1 Å². The highest BCUT2D eigenvalue weighted by atomic mass is 28.3. The molecule has 14 rings (SSSR count). The molecule has 0 aliphatic heterocycles. The molecule has 0 bridgehead atoms. The Morgan fingerprint density at radius 1 is 0.300 bits per heavy atom. The number of benzene rings is 11. The summed E-state index contributed by atoms with van der Waals surface area (Å²) in [4.78, 5) is 0. The average molecular weight is 909 g/mol. The van der Waals surface area contributed by atoms with Crippen molar-refractivity contribution >= 4 is 94.4 Å². The molecule has 0 radical (unpaired) electrons. The molecule has 0 atom stereocenters. The van der Waals surface area contributed by atoms with E-state index in [9.17, 15) is 0 Å². The van der Waals surface area contributed by atoms with Crippen LogP contribution in [0.3, 0.4) is 0 Å². The molecule has 0 spiro atoms. The Hall–Kier alpha value is -8.96. The Balaban J connectivity index is 0.992. The van der Waals surface area contributed by atoms with Gasteiger partial charge in [0.15, 0.2) is 8.07 Å². The first kappa shape index (κ1) is 40.1. The van der Waals surface area contributed by atoms with Crippen molar-refractivity contribution in [1.82, 2.24) is 9.13 Å². The summed E-state index contributed by atoms with van der Waals surface area (Å²) >= 11 is 0. The van der Waals surface area contributed by atoms with E-state index < -0.39 is 8.07 Å². The summed E-state index contributed by atoms with van der Waals surface area (Å²) in [6.45, 7) is 0. The van der Waals surface area contributed by atoms with Crippen LogP contribution in [0, 0.1) is 0 Å². The molecule has 11 aromatic carbocycles. The van der Waals surface area contributed by atoms with E-state index in [1.165, 1.54) is 81.1 Å². The number of nitrogens with zero attached hydrogens (tertiary/aromatic N) is 2. The fourth-order valence-electron chi connectivity index (χ4n) is 11.7. The van der Waals surface area contributed by atoms with Gasteiger partial charge in [0.25, 0.3) is 0 Å². The van der Waals surface area contributed by atoms with Gasteiger partial charge >= 0.3 is 0 Å². The topological polar surface area (TPSA) is 23.0 Å². The van der Waals surface area contributed by atoms with Crippen LogP contribution in [0.4, 0.5) is 0 Å². The van der Waals surface area contributed by atoms with Crippen molar-refractivity contribution in [1.29, 1.82) is 0 Å². The SMILES string of the molecule is c1ccc(-c2cccc([Si](c3ccccc3)(c3ccccc3)c3cccc(-n4c5ccccc5c5cc(-c6cccc7c8ccccc8n(-c8cccc9oc%10ccccc%10c89)c67)ccc54)c3)c2)cc1. The van der Waals surface area contributed by atoms with Crippen LogP contribution in [-0.2, 0) is 0 Å². The standard InChI is InChI=1S/C66H44N2OSi/c1-4-20-45(21-5-1)46-22-16-28-51(42-46)70(49-24-6-2-7-25-49,50-26-8-3-9-27-50)52-29-17-23-48(44-52)67-59-35-13-11-31-55(59)58-43-47(40-41-61(58)67)53-33-18-34-56-54-30-10-14-36-60(54)68(66(53)56)62-37-19-39-64-65(62)57-32-12-15-38-63(57)69-64/h1-44H. The van der Waals surface area contributed by atoms with Crippen molar-refractivity contribution in [3.05, 3.63) is 267 Å². The molecule has 0 N–H and O–H groups in total. The van der Waals surface area contributed by atoms with Crippen LogP contribution >= 0.6 is 0 Å². The summed E-state index contributed by atoms with van der Waals surface area (Å²) < 4.78 is 11.4. The number of hydrogen-bond donors (Lipinski definition) is 0. The number of furan rings is 1. The van der Waals surface area contributed by atoms with Crippen LogP contribution in [0.25, 0.3) is 99.2 Å². The van der Waals surface area contributed by atoms with Gasteiger partial charge in [0.2, 0.25) is 0 Å². The lowest BCUT2D eigenvalue weighted by molar-refractivity contribution is 0.669. The van der Waals surface area contributed by atoms with E-state index in [-0.39, 0.29) is 0 Å². The lowest BCUT2D eigenvalue weighted by Crippen LogP contribution is -2.74. The number of fused-ring (bicyclic) bond motifs is 9. The highest BCUT2D eigenvalue weighted by molar-refractivity contribution is 7.20. The van der Waals surface area contributed by atoms with Crippen LogP contribution in [0.2, 0.25) is 0 Å². The summed E-state index contributed by atoms with van der Waals surface area (Å²) in [5.74, 6) is 0. The molecule has 70 heavy (non-hydrogen) atoms. The molecule has 3 nitrogen and oxygen atoms in total. The third-order valence-electron chi connectivity index (χ3n) is 14.7. The maximum Gasteiger partial charge on any atom is 0.179 e. The normalized spacial score (nSPS) is 12.0. The van der Waals surface area contributed by atoms with Crippen molar-refractivity contribution < 1.29 is 4.42 Å². The zero-order chi connectivity index (χ0) is 46.2. The Kier molecular flexibility index (Phi) is 9.23. The number of rotatable bonds is 8. The first-order valence-corrected chi connectivity index (χ1v) is 26.1. The number of aromatic nitrogens is 2. The van der Waals surface area contributed by atoms with Crippen LogP contribution in [0.15, 0.2) is 271 Å². The summed E-state index contributed by atoms with van der Waals surface area (Å²) in [6, 6.07) is 98.4. The van der Waals surface area contributed by atoms with Crippen molar-refractivity contribution in [2.24, 2.45) is 0 Å². The number of para-hydroxylation sites is 4. The van der Waals surface area contributed by atoms with E-state index in [0.717, 1.165) is 38.8 Å². The maximum absolute atomic E-state index is 6.46. The molecular weight excluding hydrogens is 865 g/mol. The van der Waals surface area contributed by atoms with Crippen LogP contribution in [0.5, 0.6) is 0 Å². The predicted molar refractivity (Wildman–Crippen MR) is 297 cm³/mol. The van der Waals surface area contributed by atoms with Gasteiger partial charge in [-0.2, -0.15) is 0 Å². The van der Waals surface area contributed by atoms with Gasteiger partial charge in [-0.15, -0.1) is 0 Å². The molecule has 3 aromatic heterocycles. The second-order valence-electron chi connectivity index (χ2n) is 18.4. The maximum atomic E-state index is 6.46. The monoisotopic (exact) mass is 908 g/mol. The predicted octanol–water partition coefficient (Wildman–Crippen LogP) is 14.5. The zero-order valence-electron chi connectivity index (χ0n) is 38.2. The molecule has 0 unspecified atom stereocenters. The Morgan fingerprint density at radius 3 is 1.59 bits per heavy atom. The van der Waals surface area contributed by atoms with E-state index in [0.29, 0.717) is 0 Å². The quantitative estimate of drug-likeness (QED) is 0.110. The molecule has 0 saturated heterocycles. The summed E-state index contributed by atoms with van der Waals surface area (Å²) in [5.41, 5.74) is 13.5. The second-order valence-corrected chi connectivity index (χ2v) is 22.2. The molecular formula is C66H44N2OSi. The van der Waals surface area contributed by atoms with E-state index in [4.69, 9.17) is 4.42 Å². The second kappa shape index (κ2) is 16.1. The Labute approximate surface area is 406 Å². The minimum Gasteiger partial charge on any atom is -0.456 e. The molecule has 0 amide bonds. The molecule has 328 valence electrons. The molecule has 3 heterocycles. The van der Waals surface area contributed by atoms with E-state index in [2.05, 4.69) is 270 Å². The smallest absolute Gasteiger partial charge is 0.179 e. The van der Waals surface area contributed by atoms with E-state index >= 15 is 0 Å². The fourth-order valence-corrected chi connectivity index (χ4v) is 16.5. The summed E-state index contributed by atoms with van der Waals surface area (Å²) in [5, 5.41) is 12.5. The first-order chi connectivity index (χ1) is 34.7. The molecule has 0 aliphatic carbocycles. The Morgan fingerprint density at radius 2 is 0.829 bits per heavy atom. The van der Waals surface area contributed by atoms with Gasteiger partial charge in [-0.25, -0.2) is 0 Å². The molecule has 0 saturated carbocycles. The molecule has 0 fully saturated rings. The average Bonchev–Trinajstić information content (AvgIpc) is 4.10. The van der Waals surface area contributed by atoms with E-state index in [1.807, 2.05) is 6.07 Å². The summed E-state index contributed by atoms with van der Waals surface area (Å²) in [7, 11) is -2.92. The fraction of sp³-hybridized carbons (Fsp3) is 0. The first-order valence-electron chi connectivity index (χ1n) is 24.1. The number of hydrogen-bond acceptors (Lipinski definition) is 1. The highest BCUT2D eigenvalue weighted by Crippen LogP contribution is 2.43. The van der Waals surface area contributed by atoms with Crippen molar-refractivity contribution in [3.8, 4) is 33.6 Å². The van der Waals surface area contributed by atoms with Crippen LogP contribution in [-0.4, -0.2) is 17.2 Å². The van der Waals surface area contributed by atoms with Gasteiger partial charge in [-0.05, 0) is 92.0 Å².